The summed E-state index contributed by atoms with van der Waals surface area (Å²) in [6.07, 6.45) is 4.12. The van der Waals surface area contributed by atoms with Crippen LogP contribution in [0.25, 0.3) is 0 Å². The molecule has 10 nitrogen and oxygen atoms in total. The fourth-order valence-electron chi connectivity index (χ4n) is 3.21. The molecule has 5 N–H and O–H groups in total. The molecule has 0 spiro atoms. The van der Waals surface area contributed by atoms with Gasteiger partial charge in [0.1, 0.15) is 24.4 Å². The summed E-state index contributed by atoms with van der Waals surface area (Å²) in [6, 6.07) is 0. The van der Waals surface area contributed by atoms with Crippen molar-refractivity contribution >= 4 is 13.3 Å². The van der Waals surface area contributed by atoms with E-state index in [1.165, 1.54) is 38.5 Å². The fraction of sp³-hybridized carbons (Fsp3) is 0.947. The van der Waals surface area contributed by atoms with Gasteiger partial charge in [-0.25, -0.2) is 9.36 Å². The van der Waals surface area contributed by atoms with Crippen molar-refractivity contribution in [3.8, 4) is 0 Å². The molecule has 178 valence electrons. The van der Waals surface area contributed by atoms with Crippen molar-refractivity contribution in [3.63, 3.8) is 0 Å². The Morgan fingerprint density at radius 3 is 1.97 bits per heavy atom. The maximum absolute atomic E-state index is 11.3. The molecule has 0 saturated carbocycles. The highest BCUT2D eigenvalue weighted by molar-refractivity contribution is 7.70. The van der Waals surface area contributed by atoms with Gasteiger partial charge in [-0.05, 0) is 6.42 Å². The predicted molar refractivity (Wildman–Crippen MR) is 108 cm³/mol. The number of unbranched alkanes of at least 4 members (excludes halogenated alkanes) is 9. The molecule has 30 heavy (non-hydrogen) atoms. The van der Waals surface area contributed by atoms with Crippen LogP contribution >= 0.6 is 7.60 Å². The minimum Gasteiger partial charge on any atom is -0.472 e. The zero-order valence-electron chi connectivity index (χ0n) is 17.6. The van der Waals surface area contributed by atoms with Crippen LogP contribution in [0.2, 0.25) is 0 Å². The summed E-state index contributed by atoms with van der Waals surface area (Å²) < 4.78 is 26.5. The monoisotopic (exact) mass is 456 g/mol. The van der Waals surface area contributed by atoms with Gasteiger partial charge in [-0.15, -0.1) is 0 Å². The van der Waals surface area contributed by atoms with E-state index >= 15 is 0 Å². The minimum absolute atomic E-state index is 0.266. The van der Waals surface area contributed by atoms with Crippen molar-refractivity contribution in [1.29, 1.82) is 0 Å². The van der Waals surface area contributed by atoms with E-state index in [1.807, 2.05) is 0 Å². The average Bonchev–Trinajstić information content (AvgIpc) is 2.70. The molecule has 6 atom stereocenters. The van der Waals surface area contributed by atoms with Gasteiger partial charge in [0.2, 0.25) is 0 Å². The van der Waals surface area contributed by atoms with Crippen LogP contribution in [0.5, 0.6) is 0 Å². The van der Waals surface area contributed by atoms with Crippen LogP contribution < -0.4 is 0 Å². The lowest BCUT2D eigenvalue weighted by molar-refractivity contribution is -0.300. The molecule has 0 radical (unpaired) electrons. The molecule has 0 aromatic rings. The fourth-order valence-corrected chi connectivity index (χ4v) is 3.67. The Bertz CT molecular complexity index is 531. The molecule has 1 unspecified atom stereocenters. The van der Waals surface area contributed by atoms with E-state index in [4.69, 9.17) is 19.5 Å². The lowest BCUT2D eigenvalue weighted by Gasteiger charge is -2.40. The van der Waals surface area contributed by atoms with Crippen LogP contribution in [0.4, 0.5) is 4.79 Å². The smallest absolute Gasteiger partial charge is 0.435 e. The van der Waals surface area contributed by atoms with Crippen LogP contribution in [0, 0.1) is 0 Å². The van der Waals surface area contributed by atoms with Gasteiger partial charge in [-0.2, -0.15) is 0 Å². The first-order chi connectivity index (χ1) is 14.2. The number of aliphatic hydroxyl groups excluding tert-OH is 3. The maximum Gasteiger partial charge on any atom is 0.435 e. The third-order valence-corrected chi connectivity index (χ3v) is 6.09. The normalized spacial score (nSPS) is 28.9. The number of hydrogen-bond donors (Lipinski definition) is 5. The summed E-state index contributed by atoms with van der Waals surface area (Å²) in [4.78, 5) is 19.8. The highest BCUT2D eigenvalue weighted by atomic mass is 31.2. The van der Waals surface area contributed by atoms with Crippen molar-refractivity contribution in [1.82, 2.24) is 0 Å². The molecule has 0 aromatic heterocycles. The summed E-state index contributed by atoms with van der Waals surface area (Å²) >= 11 is 0. The number of carboxylic acid groups (broad SMARTS) is 1. The first-order valence-electron chi connectivity index (χ1n) is 10.7. The van der Waals surface area contributed by atoms with E-state index in [0.29, 0.717) is 0 Å². The number of carbonyl (C=O) groups is 1. The van der Waals surface area contributed by atoms with E-state index in [0.717, 1.165) is 25.7 Å². The van der Waals surface area contributed by atoms with Crippen LogP contribution in [0.1, 0.15) is 71.1 Å². The van der Waals surface area contributed by atoms with Gasteiger partial charge in [0.15, 0.2) is 6.29 Å². The molecule has 0 bridgehead atoms. The van der Waals surface area contributed by atoms with Crippen LogP contribution in [0.3, 0.4) is 0 Å². The predicted octanol–water partition coefficient (Wildman–Crippen LogP) is 2.61. The second-order valence-electron chi connectivity index (χ2n) is 7.67. The van der Waals surface area contributed by atoms with Gasteiger partial charge in [0.25, 0.3) is 0 Å². The second-order valence-corrected chi connectivity index (χ2v) is 9.35. The molecule has 0 aromatic carbocycles. The molecule has 1 fully saturated rings. The summed E-state index contributed by atoms with van der Waals surface area (Å²) in [6.45, 7) is 1.70. The first-order valence-corrected chi connectivity index (χ1v) is 12.3. The van der Waals surface area contributed by atoms with Gasteiger partial charge >= 0.3 is 13.3 Å². The highest BCUT2D eigenvalue weighted by Crippen LogP contribution is 2.43. The summed E-state index contributed by atoms with van der Waals surface area (Å²) in [7, 11) is -4.92. The number of aliphatic hydroxyl groups is 3. The lowest BCUT2D eigenvalue weighted by Crippen LogP contribution is -2.59. The largest absolute Gasteiger partial charge is 0.472 e. The molecule has 1 saturated heterocycles. The van der Waals surface area contributed by atoms with Gasteiger partial charge in [0.05, 0.1) is 6.61 Å². The Morgan fingerprint density at radius 1 is 0.900 bits per heavy atom. The van der Waals surface area contributed by atoms with E-state index in [9.17, 15) is 24.7 Å². The lowest BCUT2D eigenvalue weighted by atomic mass is 9.99. The summed E-state index contributed by atoms with van der Waals surface area (Å²) in [5, 5.41) is 38.5. The van der Waals surface area contributed by atoms with Crippen molar-refractivity contribution in [2.24, 2.45) is 0 Å². The van der Waals surface area contributed by atoms with E-state index in [-0.39, 0.29) is 6.61 Å². The third-order valence-electron chi connectivity index (χ3n) is 5.10. The van der Waals surface area contributed by atoms with Gasteiger partial charge in [0, 0.05) is 6.61 Å². The Balaban J connectivity index is 2.27. The minimum atomic E-state index is -4.92. The first kappa shape index (κ1) is 27.5. The maximum atomic E-state index is 11.3. The van der Waals surface area contributed by atoms with Crippen LogP contribution in [0.15, 0.2) is 0 Å². The van der Waals surface area contributed by atoms with Gasteiger partial charge in [-0.3, -0.25) is 4.52 Å². The van der Waals surface area contributed by atoms with Crippen molar-refractivity contribution < 1.29 is 48.7 Å². The van der Waals surface area contributed by atoms with Gasteiger partial charge in [-0.1, -0.05) is 64.7 Å². The van der Waals surface area contributed by atoms with Crippen molar-refractivity contribution in [2.75, 3.05) is 13.2 Å². The quantitative estimate of drug-likeness (QED) is 0.172. The molecular weight excluding hydrogens is 419 g/mol. The molecular formula is C19H37O10P. The molecule has 1 heterocycles. The molecule has 0 amide bonds. The standard InChI is InChI=1S/C19H37O10P/c1-2-3-4-5-6-7-8-9-10-11-12-27-18-17(22)16(21)15(20)14(29-18)13-28-30(25,26)19(23)24/h14-18,20-22H,2-13H2,1H3,(H,23,24)(H,25,26)/t14-,15-,16+,17-,18+/m1/s1. The zero-order valence-corrected chi connectivity index (χ0v) is 18.5. The number of rotatable bonds is 16. The molecule has 1 rings (SSSR count). The second kappa shape index (κ2) is 14.5. The molecule has 0 aliphatic carbocycles. The highest BCUT2D eigenvalue weighted by Gasteiger charge is 2.45. The van der Waals surface area contributed by atoms with Crippen LogP contribution in [-0.2, 0) is 18.6 Å². The summed E-state index contributed by atoms with van der Waals surface area (Å²) in [5.74, 6) is 0. The topological polar surface area (TPSA) is 163 Å². The van der Waals surface area contributed by atoms with Crippen molar-refractivity contribution in [2.45, 2.75) is 102 Å². The SMILES string of the molecule is CCCCCCCCCCCCO[C@H]1O[C@H](COP(=O)(O)C(=O)O)[C@@H](O)[C@H](O)[C@H]1O. The molecule has 1 aliphatic rings. The van der Waals surface area contributed by atoms with E-state index in [2.05, 4.69) is 11.4 Å². The Hall–Kier alpha value is -0.580. The van der Waals surface area contributed by atoms with E-state index < -0.39 is 50.6 Å². The Kier molecular flexibility index (Phi) is 13.2. The number of hydrogen-bond acceptors (Lipinski definition) is 8. The zero-order chi connectivity index (χ0) is 22.6. The van der Waals surface area contributed by atoms with E-state index in [1.54, 1.807) is 0 Å². The Morgan fingerprint density at radius 2 is 1.43 bits per heavy atom. The average molecular weight is 456 g/mol. The van der Waals surface area contributed by atoms with Crippen LogP contribution in [-0.4, -0.2) is 74.9 Å². The van der Waals surface area contributed by atoms with Crippen molar-refractivity contribution in [3.05, 3.63) is 0 Å². The Labute approximate surface area is 177 Å². The summed E-state index contributed by atoms with van der Waals surface area (Å²) in [5.41, 5.74) is -2.04. The molecule has 1 aliphatic heterocycles. The third kappa shape index (κ3) is 9.70. The number of ether oxygens (including phenoxy) is 2. The van der Waals surface area contributed by atoms with Gasteiger partial charge < -0.3 is 34.8 Å². The molecule has 11 heteroatoms.